The maximum atomic E-state index is 3.73. The minimum absolute atomic E-state index is 0.505. The van der Waals surface area contributed by atoms with E-state index >= 15 is 0 Å². The van der Waals surface area contributed by atoms with Crippen LogP contribution in [0.4, 0.5) is 0 Å². The number of hydrogen-bond donors (Lipinski definition) is 1. The molecule has 0 aliphatic carbocycles. The van der Waals surface area contributed by atoms with Crippen molar-refractivity contribution >= 4 is 0 Å². The Kier molecular flexibility index (Phi) is 3.37. The first-order chi connectivity index (χ1) is 8.74. The van der Waals surface area contributed by atoms with Crippen LogP contribution in [-0.4, -0.2) is 55.6 Å². The van der Waals surface area contributed by atoms with Crippen molar-refractivity contribution < 1.29 is 0 Å². The van der Waals surface area contributed by atoms with Crippen molar-refractivity contribution in [2.45, 2.75) is 19.0 Å². The lowest BCUT2D eigenvalue weighted by molar-refractivity contribution is 0.0537. The smallest absolute Gasteiger partial charge is 0.0452 e. The maximum Gasteiger partial charge on any atom is 0.0452 e. The van der Waals surface area contributed by atoms with Gasteiger partial charge >= 0.3 is 0 Å². The average molecular weight is 245 g/mol. The molecule has 3 heteroatoms. The second-order valence-electron chi connectivity index (χ2n) is 5.73. The molecule has 1 aromatic carbocycles. The van der Waals surface area contributed by atoms with Crippen molar-refractivity contribution in [3.05, 3.63) is 35.4 Å². The highest BCUT2D eigenvalue weighted by Gasteiger charge is 2.32. The summed E-state index contributed by atoms with van der Waals surface area (Å²) in [6.45, 7) is 8.11. The van der Waals surface area contributed by atoms with Crippen LogP contribution in [0.5, 0.6) is 0 Å². The van der Waals surface area contributed by atoms with Crippen LogP contribution in [0, 0.1) is 6.92 Å². The van der Waals surface area contributed by atoms with Crippen LogP contribution in [0.1, 0.15) is 17.2 Å². The van der Waals surface area contributed by atoms with Crippen LogP contribution in [0.25, 0.3) is 0 Å². The number of nitrogens with zero attached hydrogens (tertiary/aromatic N) is 2. The molecule has 0 saturated carbocycles. The minimum atomic E-state index is 0.505. The molecule has 3 nitrogen and oxygen atoms in total. The van der Waals surface area contributed by atoms with E-state index in [1.165, 1.54) is 30.8 Å². The molecule has 0 aromatic heterocycles. The highest BCUT2D eigenvalue weighted by Crippen LogP contribution is 2.24. The van der Waals surface area contributed by atoms with E-state index in [1.54, 1.807) is 0 Å². The average Bonchev–Trinajstić information content (AvgIpc) is 2.39. The lowest BCUT2D eigenvalue weighted by atomic mass is 9.97. The molecule has 98 valence electrons. The molecule has 0 amide bonds. The van der Waals surface area contributed by atoms with Gasteiger partial charge < -0.3 is 10.2 Å². The van der Waals surface area contributed by atoms with E-state index < -0.39 is 0 Å². The van der Waals surface area contributed by atoms with Gasteiger partial charge in [-0.05, 0) is 25.1 Å². The zero-order valence-electron chi connectivity index (χ0n) is 11.4. The standard InChI is InChI=1S/C15H23N3/c1-12-5-3-4-6-14(12)15-11-18-8-7-17(2)10-13(18)9-16-15/h3-6,13,15-16H,7-11H2,1-2H3. The van der Waals surface area contributed by atoms with Gasteiger partial charge in [-0.3, -0.25) is 4.90 Å². The van der Waals surface area contributed by atoms with Gasteiger partial charge in [0.2, 0.25) is 0 Å². The number of hydrogen-bond acceptors (Lipinski definition) is 3. The summed E-state index contributed by atoms with van der Waals surface area (Å²) < 4.78 is 0. The van der Waals surface area contributed by atoms with Gasteiger partial charge in [-0.25, -0.2) is 0 Å². The summed E-state index contributed by atoms with van der Waals surface area (Å²) in [5.74, 6) is 0. The zero-order chi connectivity index (χ0) is 12.5. The zero-order valence-corrected chi connectivity index (χ0v) is 11.4. The molecule has 2 heterocycles. The Bertz CT molecular complexity index is 418. The van der Waals surface area contributed by atoms with Crippen LogP contribution in [-0.2, 0) is 0 Å². The molecule has 2 fully saturated rings. The number of likely N-dealkylation sites (N-methyl/N-ethyl adjacent to an activating group) is 1. The highest BCUT2D eigenvalue weighted by molar-refractivity contribution is 5.29. The molecule has 1 aromatic rings. The van der Waals surface area contributed by atoms with Crippen molar-refractivity contribution in [1.82, 2.24) is 15.1 Å². The molecule has 0 spiro atoms. The largest absolute Gasteiger partial charge is 0.307 e. The number of benzene rings is 1. The topological polar surface area (TPSA) is 18.5 Å². The lowest BCUT2D eigenvalue weighted by Crippen LogP contribution is -2.61. The third-order valence-corrected chi connectivity index (χ3v) is 4.39. The number of aryl methyl sites for hydroxylation is 1. The van der Waals surface area contributed by atoms with E-state index in [0.717, 1.165) is 13.1 Å². The Hall–Kier alpha value is -0.900. The lowest BCUT2D eigenvalue weighted by Gasteiger charge is -2.46. The van der Waals surface area contributed by atoms with E-state index in [2.05, 4.69) is 53.4 Å². The molecule has 3 rings (SSSR count). The number of rotatable bonds is 1. The maximum absolute atomic E-state index is 3.73. The second-order valence-corrected chi connectivity index (χ2v) is 5.73. The van der Waals surface area contributed by atoms with Gasteiger partial charge in [0.05, 0.1) is 0 Å². The van der Waals surface area contributed by atoms with Gasteiger partial charge in [0.1, 0.15) is 0 Å². The molecular formula is C15H23N3. The first-order valence-corrected chi connectivity index (χ1v) is 6.95. The van der Waals surface area contributed by atoms with Crippen LogP contribution < -0.4 is 5.32 Å². The van der Waals surface area contributed by atoms with Crippen molar-refractivity contribution in [2.75, 3.05) is 39.8 Å². The van der Waals surface area contributed by atoms with Crippen LogP contribution in [0.15, 0.2) is 24.3 Å². The SMILES string of the molecule is Cc1ccccc1C1CN2CCN(C)CC2CN1. The Labute approximate surface area is 110 Å². The summed E-state index contributed by atoms with van der Waals surface area (Å²) in [6, 6.07) is 9.96. The summed E-state index contributed by atoms with van der Waals surface area (Å²) in [6.07, 6.45) is 0. The molecule has 2 unspecified atom stereocenters. The number of fused-ring (bicyclic) bond motifs is 1. The van der Waals surface area contributed by atoms with Crippen molar-refractivity contribution in [3.63, 3.8) is 0 Å². The molecule has 2 aliphatic rings. The third kappa shape index (κ3) is 2.30. The Morgan fingerprint density at radius 1 is 1.17 bits per heavy atom. The van der Waals surface area contributed by atoms with E-state index in [0.29, 0.717) is 12.1 Å². The van der Waals surface area contributed by atoms with E-state index in [9.17, 15) is 0 Å². The number of piperazine rings is 2. The van der Waals surface area contributed by atoms with Gasteiger partial charge in [-0.15, -0.1) is 0 Å². The second kappa shape index (κ2) is 5.00. The summed E-state index contributed by atoms with van der Waals surface area (Å²) in [7, 11) is 2.23. The van der Waals surface area contributed by atoms with E-state index in [4.69, 9.17) is 0 Å². The summed E-state index contributed by atoms with van der Waals surface area (Å²) in [5.41, 5.74) is 2.87. The van der Waals surface area contributed by atoms with Gasteiger partial charge in [-0.1, -0.05) is 24.3 Å². The Morgan fingerprint density at radius 3 is 2.83 bits per heavy atom. The summed E-state index contributed by atoms with van der Waals surface area (Å²) in [4.78, 5) is 5.10. The van der Waals surface area contributed by atoms with Crippen molar-refractivity contribution in [3.8, 4) is 0 Å². The number of nitrogens with one attached hydrogen (secondary N) is 1. The fraction of sp³-hybridized carbons (Fsp3) is 0.600. The van der Waals surface area contributed by atoms with Crippen LogP contribution in [0.3, 0.4) is 0 Å². The fourth-order valence-corrected chi connectivity index (χ4v) is 3.25. The summed E-state index contributed by atoms with van der Waals surface area (Å²) in [5, 5.41) is 3.73. The van der Waals surface area contributed by atoms with Gasteiger partial charge in [0, 0.05) is 44.8 Å². The van der Waals surface area contributed by atoms with Crippen molar-refractivity contribution in [2.24, 2.45) is 0 Å². The van der Waals surface area contributed by atoms with Crippen LogP contribution >= 0.6 is 0 Å². The molecule has 18 heavy (non-hydrogen) atoms. The minimum Gasteiger partial charge on any atom is -0.307 e. The van der Waals surface area contributed by atoms with Gasteiger partial charge in [-0.2, -0.15) is 0 Å². The first kappa shape index (κ1) is 12.2. The highest BCUT2D eigenvalue weighted by atomic mass is 15.3. The molecular weight excluding hydrogens is 222 g/mol. The molecule has 0 bridgehead atoms. The predicted molar refractivity (Wildman–Crippen MR) is 74.8 cm³/mol. The monoisotopic (exact) mass is 245 g/mol. The quantitative estimate of drug-likeness (QED) is 0.803. The van der Waals surface area contributed by atoms with E-state index in [-0.39, 0.29) is 0 Å². The predicted octanol–water partition coefficient (Wildman–Crippen LogP) is 1.26. The molecule has 2 aliphatic heterocycles. The van der Waals surface area contributed by atoms with Gasteiger partial charge in [0.25, 0.3) is 0 Å². The van der Waals surface area contributed by atoms with Crippen LogP contribution in [0.2, 0.25) is 0 Å². The molecule has 2 saturated heterocycles. The first-order valence-electron chi connectivity index (χ1n) is 6.95. The van der Waals surface area contributed by atoms with Crippen molar-refractivity contribution in [1.29, 1.82) is 0 Å². The summed E-state index contributed by atoms with van der Waals surface area (Å²) >= 11 is 0. The molecule has 2 atom stereocenters. The molecule has 0 radical (unpaired) electrons. The Morgan fingerprint density at radius 2 is 2.00 bits per heavy atom. The molecule has 1 N–H and O–H groups in total. The fourth-order valence-electron chi connectivity index (χ4n) is 3.25. The third-order valence-electron chi connectivity index (χ3n) is 4.39. The van der Waals surface area contributed by atoms with E-state index in [1.807, 2.05) is 0 Å². The normalized spacial score (nSPS) is 30.1. The van der Waals surface area contributed by atoms with Gasteiger partial charge in [0.15, 0.2) is 0 Å². The Balaban J connectivity index is 1.73.